The number of hydrogen-bond acceptors (Lipinski definition) is 4. The third kappa shape index (κ3) is 3.17. The summed E-state index contributed by atoms with van der Waals surface area (Å²) < 4.78 is 5.57. The number of piperidine rings is 1. The van der Waals surface area contributed by atoms with Crippen LogP contribution in [0.5, 0.6) is 5.75 Å². The van der Waals surface area contributed by atoms with Crippen LogP contribution in [0.3, 0.4) is 0 Å². The van der Waals surface area contributed by atoms with E-state index in [2.05, 4.69) is 5.32 Å². The normalized spacial score (nSPS) is 16.7. The van der Waals surface area contributed by atoms with E-state index in [9.17, 15) is 10.1 Å². The average Bonchev–Trinajstić information content (AvgIpc) is 2.38. The van der Waals surface area contributed by atoms with Crippen LogP contribution in [0.2, 0.25) is 0 Å². The van der Waals surface area contributed by atoms with Crippen molar-refractivity contribution in [1.82, 2.24) is 5.32 Å². The van der Waals surface area contributed by atoms with Gasteiger partial charge in [-0.1, -0.05) is 12.1 Å². The van der Waals surface area contributed by atoms with Crippen LogP contribution in [0.25, 0.3) is 0 Å². The zero-order chi connectivity index (χ0) is 12.1. The second-order valence-corrected chi connectivity index (χ2v) is 4.23. The van der Waals surface area contributed by atoms with E-state index < -0.39 is 4.92 Å². The molecule has 1 aromatic carbocycles. The number of para-hydroxylation sites is 2. The van der Waals surface area contributed by atoms with Crippen LogP contribution >= 0.6 is 0 Å². The molecule has 92 valence electrons. The Morgan fingerprint density at radius 2 is 2.06 bits per heavy atom. The lowest BCUT2D eigenvalue weighted by Crippen LogP contribution is -2.30. The van der Waals surface area contributed by atoms with Crippen molar-refractivity contribution < 1.29 is 9.66 Å². The van der Waals surface area contributed by atoms with Crippen molar-refractivity contribution in [1.29, 1.82) is 0 Å². The van der Waals surface area contributed by atoms with Gasteiger partial charge in [0.25, 0.3) is 0 Å². The van der Waals surface area contributed by atoms with E-state index in [0.717, 1.165) is 25.9 Å². The lowest BCUT2D eigenvalue weighted by molar-refractivity contribution is -0.385. The number of rotatable bonds is 4. The lowest BCUT2D eigenvalue weighted by Gasteiger charge is -2.22. The highest BCUT2D eigenvalue weighted by molar-refractivity contribution is 5.45. The summed E-state index contributed by atoms with van der Waals surface area (Å²) in [6.45, 7) is 2.57. The van der Waals surface area contributed by atoms with Crippen LogP contribution in [-0.4, -0.2) is 24.6 Å². The average molecular weight is 236 g/mol. The first-order chi connectivity index (χ1) is 8.27. The Kier molecular flexibility index (Phi) is 3.93. The van der Waals surface area contributed by atoms with Gasteiger partial charge in [0.1, 0.15) is 0 Å². The van der Waals surface area contributed by atoms with Gasteiger partial charge in [0.05, 0.1) is 11.5 Å². The molecule has 0 radical (unpaired) electrons. The van der Waals surface area contributed by atoms with Crippen molar-refractivity contribution in [2.24, 2.45) is 5.92 Å². The number of nitrogens with zero attached hydrogens (tertiary/aromatic N) is 1. The molecule has 5 nitrogen and oxygen atoms in total. The molecule has 1 fully saturated rings. The molecule has 0 unspecified atom stereocenters. The summed E-state index contributed by atoms with van der Waals surface area (Å²) in [5.74, 6) is 0.868. The Balaban J connectivity index is 1.96. The summed E-state index contributed by atoms with van der Waals surface area (Å²) in [6, 6.07) is 6.53. The van der Waals surface area contributed by atoms with E-state index in [1.54, 1.807) is 18.2 Å². The predicted octanol–water partition coefficient (Wildman–Crippen LogP) is 1.97. The molecule has 0 saturated carbocycles. The molecule has 0 aliphatic carbocycles. The fraction of sp³-hybridized carbons (Fsp3) is 0.500. The van der Waals surface area contributed by atoms with Crippen molar-refractivity contribution in [2.75, 3.05) is 19.7 Å². The van der Waals surface area contributed by atoms with Crippen molar-refractivity contribution in [3.05, 3.63) is 34.4 Å². The van der Waals surface area contributed by atoms with E-state index in [1.165, 1.54) is 6.07 Å². The number of benzene rings is 1. The van der Waals surface area contributed by atoms with Gasteiger partial charge in [0, 0.05) is 6.07 Å². The summed E-state index contributed by atoms with van der Waals surface area (Å²) >= 11 is 0. The Labute approximate surface area is 99.9 Å². The van der Waals surface area contributed by atoms with Gasteiger partial charge >= 0.3 is 5.69 Å². The second-order valence-electron chi connectivity index (χ2n) is 4.23. The molecular formula is C12H16N2O3. The van der Waals surface area contributed by atoms with Gasteiger partial charge in [0.2, 0.25) is 0 Å². The summed E-state index contributed by atoms with van der Waals surface area (Å²) in [5.41, 5.74) is 0.0430. The van der Waals surface area contributed by atoms with Crippen LogP contribution in [0.15, 0.2) is 24.3 Å². The van der Waals surface area contributed by atoms with Gasteiger partial charge in [-0.3, -0.25) is 10.1 Å². The molecule has 0 amide bonds. The van der Waals surface area contributed by atoms with Gasteiger partial charge in [-0.05, 0) is 37.9 Å². The Morgan fingerprint density at radius 1 is 1.35 bits per heavy atom. The largest absolute Gasteiger partial charge is 0.487 e. The smallest absolute Gasteiger partial charge is 0.310 e. The van der Waals surface area contributed by atoms with Gasteiger partial charge in [-0.15, -0.1) is 0 Å². The maximum atomic E-state index is 10.8. The zero-order valence-electron chi connectivity index (χ0n) is 9.59. The maximum Gasteiger partial charge on any atom is 0.310 e. The molecule has 0 atom stereocenters. The Bertz CT molecular complexity index is 389. The summed E-state index contributed by atoms with van der Waals surface area (Å²) in [4.78, 5) is 10.4. The van der Waals surface area contributed by atoms with Crippen LogP contribution in [0.4, 0.5) is 5.69 Å². The molecule has 0 bridgehead atoms. The van der Waals surface area contributed by atoms with Crippen LogP contribution < -0.4 is 10.1 Å². The van der Waals surface area contributed by atoms with Crippen LogP contribution in [-0.2, 0) is 0 Å². The third-order valence-corrected chi connectivity index (χ3v) is 3.00. The molecule has 5 heteroatoms. The fourth-order valence-electron chi connectivity index (χ4n) is 1.99. The Hall–Kier alpha value is -1.62. The second kappa shape index (κ2) is 5.63. The maximum absolute atomic E-state index is 10.8. The third-order valence-electron chi connectivity index (χ3n) is 3.00. The molecule has 0 spiro atoms. The molecule has 0 aromatic heterocycles. The van der Waals surface area contributed by atoms with Gasteiger partial charge in [-0.2, -0.15) is 0 Å². The number of hydrogen-bond donors (Lipinski definition) is 1. The minimum Gasteiger partial charge on any atom is -0.487 e. The predicted molar refractivity (Wildman–Crippen MR) is 64.2 cm³/mol. The standard InChI is InChI=1S/C12H16N2O3/c15-14(16)11-3-1-2-4-12(11)17-9-10-5-7-13-8-6-10/h1-4,10,13H,5-9H2. The lowest BCUT2D eigenvalue weighted by atomic mass is 9.99. The minimum atomic E-state index is -0.405. The molecular weight excluding hydrogens is 220 g/mol. The van der Waals surface area contributed by atoms with Gasteiger partial charge in [0.15, 0.2) is 5.75 Å². The number of nitro benzene ring substituents is 1. The number of ether oxygens (including phenoxy) is 1. The van der Waals surface area contributed by atoms with Gasteiger partial charge in [-0.25, -0.2) is 0 Å². The highest BCUT2D eigenvalue weighted by Crippen LogP contribution is 2.26. The molecule has 17 heavy (non-hydrogen) atoms. The molecule has 1 saturated heterocycles. The zero-order valence-corrected chi connectivity index (χ0v) is 9.59. The first-order valence-electron chi connectivity index (χ1n) is 5.84. The van der Waals surface area contributed by atoms with Crippen LogP contribution in [0, 0.1) is 16.0 Å². The highest BCUT2D eigenvalue weighted by Gasteiger charge is 2.17. The van der Waals surface area contributed by atoms with E-state index in [1.807, 2.05) is 0 Å². The molecule has 1 aliphatic heterocycles. The molecule has 1 N–H and O–H groups in total. The summed E-state index contributed by atoms with van der Waals surface area (Å²) in [6.07, 6.45) is 2.14. The SMILES string of the molecule is O=[N+]([O-])c1ccccc1OCC1CCNCC1. The molecule has 1 aromatic rings. The van der Waals surface area contributed by atoms with Crippen molar-refractivity contribution >= 4 is 5.69 Å². The van der Waals surface area contributed by atoms with Crippen molar-refractivity contribution in [3.63, 3.8) is 0 Å². The molecule has 1 aliphatic rings. The van der Waals surface area contributed by atoms with E-state index in [4.69, 9.17) is 4.74 Å². The van der Waals surface area contributed by atoms with E-state index in [0.29, 0.717) is 18.3 Å². The van der Waals surface area contributed by atoms with Gasteiger partial charge < -0.3 is 10.1 Å². The first kappa shape index (κ1) is 11.9. The van der Waals surface area contributed by atoms with E-state index >= 15 is 0 Å². The Morgan fingerprint density at radius 3 is 2.76 bits per heavy atom. The fourth-order valence-corrected chi connectivity index (χ4v) is 1.99. The quantitative estimate of drug-likeness (QED) is 0.641. The van der Waals surface area contributed by atoms with E-state index in [-0.39, 0.29) is 5.69 Å². The highest BCUT2D eigenvalue weighted by atomic mass is 16.6. The van der Waals surface area contributed by atoms with Crippen molar-refractivity contribution in [3.8, 4) is 5.75 Å². The topological polar surface area (TPSA) is 64.4 Å². The van der Waals surface area contributed by atoms with Crippen molar-refractivity contribution in [2.45, 2.75) is 12.8 Å². The monoisotopic (exact) mass is 236 g/mol. The minimum absolute atomic E-state index is 0.0430. The number of nitrogens with one attached hydrogen (secondary N) is 1. The van der Waals surface area contributed by atoms with Crippen LogP contribution in [0.1, 0.15) is 12.8 Å². The summed E-state index contributed by atoms with van der Waals surface area (Å²) in [7, 11) is 0. The molecule has 2 rings (SSSR count). The first-order valence-corrected chi connectivity index (χ1v) is 5.84. The molecule has 1 heterocycles. The number of nitro groups is 1. The summed E-state index contributed by atoms with van der Waals surface area (Å²) in [5, 5.41) is 14.1.